The number of rotatable bonds is 5. The summed E-state index contributed by atoms with van der Waals surface area (Å²) in [5.41, 5.74) is 0. The molecule has 1 aromatic heterocycles. The molecule has 0 saturated heterocycles. The van der Waals surface area contributed by atoms with Crippen LogP contribution in [-0.4, -0.2) is 36.2 Å². The molecule has 7 nitrogen and oxygen atoms in total. The van der Waals surface area contributed by atoms with Crippen LogP contribution in [-0.2, 0) is 14.8 Å². The number of carboxylic acid groups (broad SMARTS) is 1. The monoisotopic (exact) mass is 233 g/mol. The van der Waals surface area contributed by atoms with Gasteiger partial charge in [0, 0.05) is 6.54 Å². The number of hydrogen-bond acceptors (Lipinski definition) is 4. The van der Waals surface area contributed by atoms with Crippen molar-refractivity contribution in [3.05, 3.63) is 12.3 Å². The zero-order valence-electron chi connectivity index (χ0n) is 7.97. The summed E-state index contributed by atoms with van der Waals surface area (Å²) in [6.07, 6.45) is 1.30. The van der Waals surface area contributed by atoms with Crippen LogP contribution >= 0.6 is 0 Å². The Kier molecular flexibility index (Phi) is 3.43. The molecule has 15 heavy (non-hydrogen) atoms. The van der Waals surface area contributed by atoms with Crippen LogP contribution in [0.4, 0.5) is 0 Å². The Balaban J connectivity index is 2.63. The van der Waals surface area contributed by atoms with E-state index in [0.717, 1.165) is 0 Å². The van der Waals surface area contributed by atoms with Crippen LogP contribution in [0.3, 0.4) is 0 Å². The molecule has 0 aliphatic rings. The maximum absolute atomic E-state index is 11.4. The van der Waals surface area contributed by atoms with E-state index in [-0.39, 0.29) is 11.6 Å². The van der Waals surface area contributed by atoms with Gasteiger partial charge >= 0.3 is 5.97 Å². The highest BCUT2D eigenvalue weighted by Gasteiger charge is 2.18. The molecule has 0 aromatic carbocycles. The van der Waals surface area contributed by atoms with Crippen molar-refractivity contribution in [1.82, 2.24) is 14.9 Å². The Morgan fingerprint density at radius 3 is 2.87 bits per heavy atom. The van der Waals surface area contributed by atoms with E-state index in [1.165, 1.54) is 19.2 Å². The fourth-order valence-corrected chi connectivity index (χ4v) is 1.83. The number of aromatic amines is 1. The van der Waals surface area contributed by atoms with Gasteiger partial charge in [-0.3, -0.25) is 9.89 Å². The Hall–Kier alpha value is -1.41. The number of carboxylic acids is 1. The molecule has 84 valence electrons. The molecular formula is C7H11N3O4S. The zero-order valence-corrected chi connectivity index (χ0v) is 8.78. The number of hydrogen-bond donors (Lipinski definition) is 3. The first-order valence-electron chi connectivity index (χ1n) is 4.15. The molecule has 0 saturated carbocycles. The molecule has 0 bridgehead atoms. The topological polar surface area (TPSA) is 112 Å². The summed E-state index contributed by atoms with van der Waals surface area (Å²) in [7, 11) is -3.68. The fourth-order valence-electron chi connectivity index (χ4n) is 0.793. The van der Waals surface area contributed by atoms with Crippen LogP contribution in [0.25, 0.3) is 0 Å². The molecule has 0 aliphatic heterocycles. The molecule has 1 rings (SSSR count). The molecule has 1 unspecified atom stereocenters. The summed E-state index contributed by atoms with van der Waals surface area (Å²) in [6.45, 7) is 1.26. The standard InChI is InChI=1S/C7H11N3O4S/c1-5(7(11)12)4-9-15(13,14)6-2-3-8-10-6/h2-3,5,9H,4H2,1H3,(H,8,10)(H,11,12). The lowest BCUT2D eigenvalue weighted by molar-refractivity contribution is -0.140. The molecule has 1 atom stereocenters. The summed E-state index contributed by atoms with van der Waals surface area (Å²) in [5.74, 6) is -1.83. The summed E-state index contributed by atoms with van der Waals surface area (Å²) >= 11 is 0. The van der Waals surface area contributed by atoms with E-state index in [9.17, 15) is 13.2 Å². The van der Waals surface area contributed by atoms with Crippen molar-refractivity contribution in [1.29, 1.82) is 0 Å². The number of carbonyl (C=O) groups is 1. The van der Waals surface area contributed by atoms with Gasteiger partial charge in [-0.05, 0) is 6.07 Å². The van der Waals surface area contributed by atoms with Gasteiger partial charge in [0.1, 0.15) is 0 Å². The Morgan fingerprint density at radius 2 is 2.40 bits per heavy atom. The minimum atomic E-state index is -3.68. The Morgan fingerprint density at radius 1 is 1.73 bits per heavy atom. The van der Waals surface area contributed by atoms with Gasteiger partial charge in [-0.15, -0.1) is 0 Å². The van der Waals surface area contributed by atoms with Crippen molar-refractivity contribution in [3.63, 3.8) is 0 Å². The summed E-state index contributed by atoms with van der Waals surface area (Å²) < 4.78 is 25.1. The van der Waals surface area contributed by atoms with E-state index in [1.807, 2.05) is 0 Å². The zero-order chi connectivity index (χ0) is 11.5. The first-order valence-corrected chi connectivity index (χ1v) is 5.63. The van der Waals surface area contributed by atoms with E-state index in [1.54, 1.807) is 0 Å². The average molecular weight is 233 g/mol. The molecule has 0 spiro atoms. The molecule has 8 heteroatoms. The number of aliphatic carboxylic acids is 1. The molecule has 0 amide bonds. The summed E-state index contributed by atoms with van der Waals surface area (Å²) in [5, 5.41) is 14.2. The van der Waals surface area contributed by atoms with E-state index < -0.39 is 21.9 Å². The highest BCUT2D eigenvalue weighted by atomic mass is 32.2. The lowest BCUT2D eigenvalue weighted by Crippen LogP contribution is -2.31. The van der Waals surface area contributed by atoms with Crippen molar-refractivity contribution < 1.29 is 18.3 Å². The number of aromatic nitrogens is 2. The minimum absolute atomic E-state index is 0.0833. The van der Waals surface area contributed by atoms with E-state index in [0.29, 0.717) is 0 Å². The SMILES string of the molecule is CC(CNS(=O)(=O)c1ccn[nH]1)C(=O)O. The second kappa shape index (κ2) is 4.41. The van der Waals surface area contributed by atoms with Gasteiger partial charge in [0.05, 0.1) is 12.1 Å². The van der Waals surface area contributed by atoms with Crippen molar-refractivity contribution in [2.75, 3.05) is 6.54 Å². The predicted octanol–water partition coefficient (Wildman–Crippen LogP) is -0.591. The molecule has 1 heterocycles. The van der Waals surface area contributed by atoms with Gasteiger partial charge in [-0.2, -0.15) is 5.10 Å². The predicted molar refractivity (Wildman–Crippen MR) is 50.6 cm³/mol. The number of H-pyrrole nitrogens is 1. The Labute approximate surface area is 86.6 Å². The maximum atomic E-state index is 11.4. The van der Waals surface area contributed by atoms with Gasteiger partial charge in [0.15, 0.2) is 5.03 Å². The molecule has 1 aromatic rings. The van der Waals surface area contributed by atoms with E-state index in [4.69, 9.17) is 5.11 Å². The quantitative estimate of drug-likeness (QED) is 0.629. The second-order valence-corrected chi connectivity index (χ2v) is 4.75. The van der Waals surface area contributed by atoms with Gasteiger partial charge in [0.25, 0.3) is 10.0 Å². The largest absolute Gasteiger partial charge is 0.481 e. The lowest BCUT2D eigenvalue weighted by Gasteiger charge is -2.07. The van der Waals surface area contributed by atoms with Gasteiger partial charge in [-0.1, -0.05) is 6.92 Å². The van der Waals surface area contributed by atoms with Crippen LogP contribution in [0, 0.1) is 5.92 Å². The third kappa shape index (κ3) is 3.03. The number of nitrogens with one attached hydrogen (secondary N) is 2. The van der Waals surface area contributed by atoms with Gasteiger partial charge in [0.2, 0.25) is 0 Å². The lowest BCUT2D eigenvalue weighted by atomic mass is 10.2. The minimum Gasteiger partial charge on any atom is -0.481 e. The van der Waals surface area contributed by atoms with Crippen molar-refractivity contribution >= 4 is 16.0 Å². The van der Waals surface area contributed by atoms with E-state index >= 15 is 0 Å². The van der Waals surface area contributed by atoms with Crippen LogP contribution < -0.4 is 4.72 Å². The van der Waals surface area contributed by atoms with Crippen LogP contribution in [0.1, 0.15) is 6.92 Å². The first kappa shape index (κ1) is 11.7. The molecular weight excluding hydrogens is 222 g/mol. The van der Waals surface area contributed by atoms with Crippen molar-refractivity contribution in [3.8, 4) is 0 Å². The van der Waals surface area contributed by atoms with Crippen LogP contribution in [0.5, 0.6) is 0 Å². The first-order chi connectivity index (χ1) is 6.93. The molecule has 0 aliphatic carbocycles. The summed E-state index contributed by atoms with van der Waals surface area (Å²) in [6, 6.07) is 1.29. The highest BCUT2D eigenvalue weighted by Crippen LogP contribution is 2.03. The Bertz CT molecular complexity index is 425. The van der Waals surface area contributed by atoms with Gasteiger partial charge < -0.3 is 5.11 Å². The average Bonchev–Trinajstić information content (AvgIpc) is 2.67. The molecule has 0 radical (unpaired) electrons. The van der Waals surface area contributed by atoms with E-state index in [2.05, 4.69) is 14.9 Å². The number of sulfonamides is 1. The molecule has 0 fully saturated rings. The third-order valence-corrected chi connectivity index (χ3v) is 3.12. The van der Waals surface area contributed by atoms with Crippen LogP contribution in [0.15, 0.2) is 17.3 Å². The summed E-state index contributed by atoms with van der Waals surface area (Å²) in [4.78, 5) is 10.4. The van der Waals surface area contributed by atoms with Crippen LogP contribution in [0.2, 0.25) is 0 Å². The number of nitrogens with zero attached hydrogens (tertiary/aromatic N) is 1. The normalized spacial score (nSPS) is 13.7. The highest BCUT2D eigenvalue weighted by molar-refractivity contribution is 7.89. The fraction of sp³-hybridized carbons (Fsp3) is 0.429. The van der Waals surface area contributed by atoms with Gasteiger partial charge in [-0.25, -0.2) is 13.1 Å². The third-order valence-electron chi connectivity index (χ3n) is 1.77. The van der Waals surface area contributed by atoms with Crippen molar-refractivity contribution in [2.45, 2.75) is 11.9 Å². The maximum Gasteiger partial charge on any atom is 0.307 e. The second-order valence-electron chi connectivity index (χ2n) is 3.01. The molecule has 3 N–H and O–H groups in total. The van der Waals surface area contributed by atoms with Crippen molar-refractivity contribution in [2.24, 2.45) is 5.92 Å². The smallest absolute Gasteiger partial charge is 0.307 e.